The van der Waals surface area contributed by atoms with Crippen LogP contribution in [0, 0.1) is 0 Å². The first kappa shape index (κ1) is 13.4. The predicted octanol–water partition coefficient (Wildman–Crippen LogP) is 1.52. The topological polar surface area (TPSA) is 51.5 Å². The summed E-state index contributed by atoms with van der Waals surface area (Å²) in [7, 11) is 0. The van der Waals surface area contributed by atoms with Crippen LogP contribution in [0.15, 0.2) is 10.5 Å². The van der Waals surface area contributed by atoms with E-state index in [0.29, 0.717) is 17.7 Å². The Morgan fingerprint density at radius 1 is 1.59 bits per heavy atom. The summed E-state index contributed by atoms with van der Waals surface area (Å²) in [5.74, 6) is 0.661. The number of hydrogen-bond donors (Lipinski definition) is 1. The van der Waals surface area contributed by atoms with Gasteiger partial charge in [0.2, 0.25) is 0 Å². The molecule has 0 radical (unpaired) electrons. The molecule has 4 nitrogen and oxygen atoms in total. The maximum atomic E-state index is 11.4. The number of carbonyl (C=O) groups excluding carboxylic acids is 1. The van der Waals surface area contributed by atoms with Crippen LogP contribution in [0.3, 0.4) is 0 Å². The summed E-state index contributed by atoms with van der Waals surface area (Å²) in [6.07, 6.45) is 1.45. The minimum atomic E-state index is -0.493. The van der Waals surface area contributed by atoms with E-state index in [1.807, 2.05) is 39.8 Å². The predicted molar refractivity (Wildman–Crippen MR) is 66.7 cm³/mol. The molecule has 0 aliphatic heterocycles. The summed E-state index contributed by atoms with van der Waals surface area (Å²) in [6, 6.07) is 1.85. The van der Waals surface area contributed by atoms with Gasteiger partial charge < -0.3 is 14.5 Å². The Balaban J connectivity index is 2.57. The number of furan rings is 1. The van der Waals surface area contributed by atoms with Gasteiger partial charge in [-0.1, -0.05) is 12.7 Å². The highest BCUT2D eigenvalue weighted by Crippen LogP contribution is 2.06. The van der Waals surface area contributed by atoms with Crippen LogP contribution in [-0.4, -0.2) is 11.7 Å². The zero-order chi connectivity index (χ0) is 13.1. The van der Waals surface area contributed by atoms with Crippen molar-refractivity contribution < 1.29 is 13.9 Å². The van der Waals surface area contributed by atoms with Crippen molar-refractivity contribution in [2.75, 3.05) is 0 Å². The number of alkyl carbamates (subject to hydrolysis) is 1. The molecular weight excluding hydrogens is 218 g/mol. The smallest absolute Gasteiger partial charge is 0.408 e. The lowest BCUT2D eigenvalue weighted by atomic mass is 10.2. The van der Waals surface area contributed by atoms with Gasteiger partial charge in [0.15, 0.2) is 0 Å². The average molecular weight is 237 g/mol. The van der Waals surface area contributed by atoms with Gasteiger partial charge in [-0.2, -0.15) is 0 Å². The fourth-order valence-electron chi connectivity index (χ4n) is 1.31. The molecule has 0 unspecified atom stereocenters. The van der Waals surface area contributed by atoms with Gasteiger partial charge in [-0.05, 0) is 33.8 Å². The number of ether oxygens (including phenoxy) is 1. The standard InChI is InChI=1S/C13H19NO3/c1-6-10-7-11(16-9(10)2)8-14-12(15)17-13(3,4)5/h6-7H,2,8H2,1,3-5H3,(H,14,15)/b10-6-. The van der Waals surface area contributed by atoms with Crippen molar-refractivity contribution in [2.24, 2.45) is 0 Å². The van der Waals surface area contributed by atoms with Crippen LogP contribution >= 0.6 is 0 Å². The molecule has 1 amide bonds. The number of hydrogen-bond acceptors (Lipinski definition) is 3. The van der Waals surface area contributed by atoms with Gasteiger partial charge in [-0.3, -0.25) is 0 Å². The highest BCUT2D eigenvalue weighted by Gasteiger charge is 2.15. The quantitative estimate of drug-likeness (QED) is 0.848. The molecule has 1 heterocycles. The lowest BCUT2D eigenvalue weighted by Crippen LogP contribution is -2.32. The number of rotatable bonds is 2. The Bertz CT molecular complexity index is 494. The highest BCUT2D eigenvalue weighted by molar-refractivity contribution is 5.67. The van der Waals surface area contributed by atoms with Crippen molar-refractivity contribution in [3.8, 4) is 0 Å². The normalized spacial score (nSPS) is 12.6. The highest BCUT2D eigenvalue weighted by atomic mass is 16.6. The van der Waals surface area contributed by atoms with E-state index in [4.69, 9.17) is 9.15 Å². The molecule has 0 saturated heterocycles. The zero-order valence-electron chi connectivity index (χ0n) is 10.8. The van der Waals surface area contributed by atoms with E-state index in [1.165, 1.54) is 0 Å². The lowest BCUT2D eigenvalue weighted by molar-refractivity contribution is 0.0519. The molecule has 0 bridgehead atoms. The Morgan fingerprint density at radius 2 is 2.24 bits per heavy atom. The summed E-state index contributed by atoms with van der Waals surface area (Å²) < 4.78 is 10.5. The van der Waals surface area contributed by atoms with E-state index in [0.717, 1.165) is 5.22 Å². The molecule has 0 fully saturated rings. The second kappa shape index (κ2) is 5.08. The molecule has 0 aromatic carbocycles. The number of carbonyl (C=O) groups is 1. The maximum absolute atomic E-state index is 11.4. The first-order valence-corrected chi connectivity index (χ1v) is 5.52. The van der Waals surface area contributed by atoms with Crippen molar-refractivity contribution >= 4 is 18.7 Å². The summed E-state index contributed by atoms with van der Waals surface area (Å²) in [4.78, 5) is 11.4. The molecular formula is C13H19NO3. The van der Waals surface area contributed by atoms with Gasteiger partial charge in [0, 0.05) is 5.22 Å². The Labute approximate surface area is 101 Å². The van der Waals surface area contributed by atoms with Gasteiger partial charge >= 0.3 is 6.09 Å². The molecule has 4 heteroatoms. The van der Waals surface area contributed by atoms with Gasteiger partial charge in [0.05, 0.1) is 6.54 Å². The zero-order valence-corrected chi connectivity index (χ0v) is 10.8. The van der Waals surface area contributed by atoms with Crippen molar-refractivity contribution in [1.29, 1.82) is 0 Å². The second-order valence-electron chi connectivity index (χ2n) is 4.74. The second-order valence-corrected chi connectivity index (χ2v) is 4.74. The van der Waals surface area contributed by atoms with E-state index in [2.05, 4.69) is 11.9 Å². The third-order valence-corrected chi connectivity index (χ3v) is 2.01. The number of nitrogens with one attached hydrogen (secondary N) is 1. The maximum Gasteiger partial charge on any atom is 0.408 e. The van der Waals surface area contributed by atoms with E-state index < -0.39 is 11.7 Å². The fourth-order valence-corrected chi connectivity index (χ4v) is 1.31. The Kier molecular flexibility index (Phi) is 3.99. The van der Waals surface area contributed by atoms with Gasteiger partial charge in [-0.15, -0.1) is 0 Å². The van der Waals surface area contributed by atoms with Crippen molar-refractivity contribution in [2.45, 2.75) is 39.8 Å². The summed E-state index contributed by atoms with van der Waals surface area (Å²) in [5, 5.41) is 3.56. The third kappa shape index (κ3) is 4.34. The Morgan fingerprint density at radius 3 is 2.71 bits per heavy atom. The van der Waals surface area contributed by atoms with Crippen molar-refractivity contribution in [3.63, 3.8) is 0 Å². The van der Waals surface area contributed by atoms with E-state index in [9.17, 15) is 4.79 Å². The van der Waals surface area contributed by atoms with Crippen LogP contribution in [0.4, 0.5) is 4.79 Å². The van der Waals surface area contributed by atoms with Crippen LogP contribution in [-0.2, 0) is 11.3 Å². The van der Waals surface area contributed by atoms with E-state index in [1.54, 1.807) is 0 Å². The molecule has 94 valence electrons. The summed E-state index contributed by atoms with van der Waals surface area (Å²) in [5.41, 5.74) is 0.112. The summed E-state index contributed by atoms with van der Waals surface area (Å²) in [6.45, 7) is 11.4. The van der Waals surface area contributed by atoms with Gasteiger partial charge in [0.1, 0.15) is 16.8 Å². The minimum absolute atomic E-state index is 0.297. The molecule has 0 spiro atoms. The van der Waals surface area contributed by atoms with Gasteiger partial charge in [0.25, 0.3) is 0 Å². The summed E-state index contributed by atoms with van der Waals surface area (Å²) >= 11 is 0. The Hall–Kier alpha value is -1.71. The fraction of sp³-hybridized carbons (Fsp3) is 0.462. The largest absolute Gasteiger partial charge is 0.460 e. The van der Waals surface area contributed by atoms with Gasteiger partial charge in [-0.25, -0.2) is 4.79 Å². The SMILES string of the molecule is C=c1oc(CNC(=O)OC(C)(C)C)c/c1=C/C. The van der Waals surface area contributed by atoms with Crippen LogP contribution in [0.1, 0.15) is 33.5 Å². The first-order valence-electron chi connectivity index (χ1n) is 5.52. The minimum Gasteiger partial charge on any atom is -0.460 e. The van der Waals surface area contributed by atoms with E-state index in [-0.39, 0.29) is 0 Å². The monoisotopic (exact) mass is 237 g/mol. The molecule has 17 heavy (non-hydrogen) atoms. The molecule has 0 aliphatic rings. The van der Waals surface area contributed by atoms with Crippen molar-refractivity contribution in [1.82, 2.24) is 5.32 Å². The van der Waals surface area contributed by atoms with Crippen LogP contribution < -0.4 is 16.0 Å². The molecule has 0 aliphatic carbocycles. The van der Waals surface area contributed by atoms with E-state index >= 15 is 0 Å². The lowest BCUT2D eigenvalue weighted by Gasteiger charge is -2.19. The van der Waals surface area contributed by atoms with Crippen LogP contribution in [0.5, 0.6) is 0 Å². The molecule has 0 saturated carbocycles. The molecule has 1 aromatic rings. The first-order chi connectivity index (χ1) is 7.81. The average Bonchev–Trinajstić information content (AvgIpc) is 2.53. The number of amides is 1. The van der Waals surface area contributed by atoms with Crippen molar-refractivity contribution in [3.05, 3.63) is 22.5 Å². The third-order valence-electron chi connectivity index (χ3n) is 2.01. The molecule has 1 rings (SSSR count). The van der Waals surface area contributed by atoms with Crippen LogP contribution in [0.25, 0.3) is 12.7 Å². The van der Waals surface area contributed by atoms with Crippen LogP contribution in [0.2, 0.25) is 0 Å². The molecule has 1 aromatic heterocycles. The molecule has 0 atom stereocenters. The molecule has 1 N–H and O–H groups in total.